The molecule has 0 fully saturated rings. The third kappa shape index (κ3) is 4.05. The predicted molar refractivity (Wildman–Crippen MR) is 87.9 cm³/mol. The van der Waals surface area contributed by atoms with Crippen molar-refractivity contribution < 1.29 is 8.42 Å². The topological polar surface area (TPSA) is 49.4 Å². The lowest BCUT2D eigenvalue weighted by Gasteiger charge is -2.27. The highest BCUT2D eigenvalue weighted by Gasteiger charge is 2.28. The van der Waals surface area contributed by atoms with Gasteiger partial charge in [0.05, 0.1) is 4.90 Å². The molecule has 0 saturated carbocycles. The first-order valence-corrected chi connectivity index (χ1v) is 9.14. The fraction of sp³-hybridized carbons (Fsp3) is 0.625. The number of nitrogens with one attached hydrogen (secondary N) is 1. The van der Waals surface area contributed by atoms with Crippen LogP contribution in [0.25, 0.3) is 0 Å². The Morgan fingerprint density at radius 1 is 1.24 bits per heavy atom. The van der Waals surface area contributed by atoms with Gasteiger partial charge in [-0.05, 0) is 44.0 Å². The fourth-order valence-corrected chi connectivity index (χ4v) is 4.55. The average Bonchev–Trinajstić information content (AvgIpc) is 2.47. The highest BCUT2D eigenvalue weighted by molar-refractivity contribution is 7.89. The Bertz CT molecular complexity index is 555. The smallest absolute Gasteiger partial charge is 0.243 e. The van der Waals surface area contributed by atoms with Gasteiger partial charge in [-0.15, -0.1) is 0 Å². The minimum Gasteiger partial charge on any atom is -0.316 e. The van der Waals surface area contributed by atoms with Crippen LogP contribution in [0.5, 0.6) is 0 Å². The molecule has 0 heterocycles. The summed E-state index contributed by atoms with van der Waals surface area (Å²) >= 11 is 0. The number of hydrogen-bond acceptors (Lipinski definition) is 3. The van der Waals surface area contributed by atoms with E-state index >= 15 is 0 Å². The van der Waals surface area contributed by atoms with Crippen molar-refractivity contribution in [1.82, 2.24) is 9.62 Å². The standard InChI is InChI=1S/C16H28N2O2S/c1-6-13(4)18(8-3)21(19,20)16-11-14(12-17-5)9-10-15(16)7-2/h9-11,13,17H,6-8,12H2,1-5H3. The van der Waals surface area contributed by atoms with Crippen LogP contribution in [0.3, 0.4) is 0 Å². The highest BCUT2D eigenvalue weighted by Crippen LogP contribution is 2.24. The van der Waals surface area contributed by atoms with E-state index in [4.69, 9.17) is 0 Å². The van der Waals surface area contributed by atoms with Crippen molar-refractivity contribution in [3.63, 3.8) is 0 Å². The van der Waals surface area contributed by atoms with Gasteiger partial charge in [-0.3, -0.25) is 0 Å². The van der Waals surface area contributed by atoms with Crippen LogP contribution < -0.4 is 5.32 Å². The van der Waals surface area contributed by atoms with E-state index in [2.05, 4.69) is 5.32 Å². The Hall–Kier alpha value is -0.910. The van der Waals surface area contributed by atoms with Crippen LogP contribution in [0.1, 0.15) is 45.2 Å². The summed E-state index contributed by atoms with van der Waals surface area (Å²) in [6.45, 7) is 9.03. The summed E-state index contributed by atoms with van der Waals surface area (Å²) in [5, 5.41) is 3.07. The largest absolute Gasteiger partial charge is 0.316 e. The van der Waals surface area contributed by atoms with Gasteiger partial charge < -0.3 is 5.32 Å². The van der Waals surface area contributed by atoms with Gasteiger partial charge in [0, 0.05) is 19.1 Å². The van der Waals surface area contributed by atoms with Crippen molar-refractivity contribution in [2.45, 2.75) is 58.0 Å². The molecule has 0 aliphatic carbocycles. The summed E-state index contributed by atoms with van der Waals surface area (Å²) in [6.07, 6.45) is 1.52. The van der Waals surface area contributed by atoms with Crippen LogP contribution in [-0.4, -0.2) is 32.4 Å². The Labute approximate surface area is 129 Å². The summed E-state index contributed by atoms with van der Waals surface area (Å²) in [4.78, 5) is 0.458. The Morgan fingerprint density at radius 3 is 2.38 bits per heavy atom. The molecule has 1 unspecified atom stereocenters. The average molecular weight is 312 g/mol. The third-order valence-corrected chi connectivity index (χ3v) is 6.05. The molecule has 0 aliphatic rings. The molecule has 0 amide bonds. The molecule has 0 aromatic heterocycles. The van der Waals surface area contributed by atoms with Crippen molar-refractivity contribution in [2.75, 3.05) is 13.6 Å². The SMILES string of the molecule is CCc1ccc(CNC)cc1S(=O)(=O)N(CC)C(C)CC. The molecule has 1 N–H and O–H groups in total. The van der Waals surface area contributed by atoms with Gasteiger partial charge >= 0.3 is 0 Å². The Kier molecular flexibility index (Phi) is 6.84. The van der Waals surface area contributed by atoms with Crippen molar-refractivity contribution in [1.29, 1.82) is 0 Å². The lowest BCUT2D eigenvalue weighted by atomic mass is 10.1. The van der Waals surface area contributed by atoms with Crippen molar-refractivity contribution in [3.8, 4) is 0 Å². The number of aryl methyl sites for hydroxylation is 1. The van der Waals surface area contributed by atoms with E-state index in [0.29, 0.717) is 24.4 Å². The maximum absolute atomic E-state index is 13.0. The van der Waals surface area contributed by atoms with E-state index in [-0.39, 0.29) is 6.04 Å². The van der Waals surface area contributed by atoms with E-state index in [1.54, 1.807) is 4.31 Å². The summed E-state index contributed by atoms with van der Waals surface area (Å²) in [5.41, 5.74) is 1.88. The molecule has 4 nitrogen and oxygen atoms in total. The van der Waals surface area contributed by atoms with Crippen molar-refractivity contribution >= 4 is 10.0 Å². The second-order valence-electron chi connectivity index (χ2n) is 5.29. The van der Waals surface area contributed by atoms with E-state index in [9.17, 15) is 8.42 Å². The molecular weight excluding hydrogens is 284 g/mol. The second kappa shape index (κ2) is 7.92. The molecule has 0 bridgehead atoms. The lowest BCUT2D eigenvalue weighted by Crippen LogP contribution is -2.38. The molecule has 1 rings (SSSR count). The van der Waals surface area contributed by atoms with Crippen LogP contribution in [0.15, 0.2) is 23.1 Å². The molecule has 120 valence electrons. The molecule has 1 aromatic rings. The predicted octanol–water partition coefficient (Wildman–Crippen LogP) is 2.78. The Morgan fingerprint density at radius 2 is 1.90 bits per heavy atom. The molecule has 0 saturated heterocycles. The van der Waals surface area contributed by atoms with Crippen LogP contribution >= 0.6 is 0 Å². The van der Waals surface area contributed by atoms with E-state index in [0.717, 1.165) is 17.5 Å². The minimum atomic E-state index is -3.44. The summed E-state index contributed by atoms with van der Waals surface area (Å²) in [5.74, 6) is 0. The number of sulfonamides is 1. The van der Waals surface area contributed by atoms with E-state index in [1.165, 1.54) is 0 Å². The van der Waals surface area contributed by atoms with Crippen molar-refractivity contribution in [3.05, 3.63) is 29.3 Å². The first-order valence-electron chi connectivity index (χ1n) is 7.70. The zero-order chi connectivity index (χ0) is 16.0. The van der Waals surface area contributed by atoms with Crippen LogP contribution in [0, 0.1) is 0 Å². The zero-order valence-electron chi connectivity index (χ0n) is 13.8. The van der Waals surface area contributed by atoms with Gasteiger partial charge in [0.25, 0.3) is 0 Å². The fourth-order valence-electron chi connectivity index (χ4n) is 2.49. The molecule has 0 aliphatic heterocycles. The van der Waals surface area contributed by atoms with Crippen LogP contribution in [0.4, 0.5) is 0 Å². The van der Waals surface area contributed by atoms with Gasteiger partial charge in [-0.2, -0.15) is 4.31 Å². The van der Waals surface area contributed by atoms with Gasteiger partial charge in [0.1, 0.15) is 0 Å². The maximum Gasteiger partial charge on any atom is 0.243 e. The number of hydrogen-bond donors (Lipinski definition) is 1. The maximum atomic E-state index is 13.0. The summed E-state index contributed by atoms with van der Waals surface area (Å²) in [7, 11) is -1.58. The number of rotatable bonds is 8. The number of benzene rings is 1. The van der Waals surface area contributed by atoms with E-state index < -0.39 is 10.0 Å². The molecule has 0 radical (unpaired) electrons. The third-order valence-electron chi connectivity index (χ3n) is 3.87. The molecule has 5 heteroatoms. The van der Waals surface area contributed by atoms with Gasteiger partial charge in [0.2, 0.25) is 10.0 Å². The number of nitrogens with zero attached hydrogens (tertiary/aromatic N) is 1. The van der Waals surface area contributed by atoms with E-state index in [1.807, 2.05) is 52.9 Å². The minimum absolute atomic E-state index is 0.0117. The molecular formula is C16H28N2O2S. The second-order valence-corrected chi connectivity index (χ2v) is 7.15. The lowest BCUT2D eigenvalue weighted by molar-refractivity contribution is 0.342. The van der Waals surface area contributed by atoms with Gasteiger partial charge in [-0.25, -0.2) is 8.42 Å². The van der Waals surface area contributed by atoms with Gasteiger partial charge in [-0.1, -0.05) is 32.9 Å². The summed E-state index contributed by atoms with van der Waals surface area (Å²) < 4.78 is 27.6. The highest BCUT2D eigenvalue weighted by atomic mass is 32.2. The first-order chi connectivity index (χ1) is 9.92. The normalized spacial score (nSPS) is 13.6. The van der Waals surface area contributed by atoms with Gasteiger partial charge in [0.15, 0.2) is 0 Å². The Balaban J connectivity index is 3.36. The molecule has 1 aromatic carbocycles. The van der Waals surface area contributed by atoms with Crippen molar-refractivity contribution in [2.24, 2.45) is 0 Å². The van der Waals surface area contributed by atoms with Crippen LogP contribution in [0.2, 0.25) is 0 Å². The quantitative estimate of drug-likeness (QED) is 0.803. The first kappa shape index (κ1) is 18.1. The zero-order valence-corrected chi connectivity index (χ0v) is 14.6. The monoisotopic (exact) mass is 312 g/mol. The molecule has 21 heavy (non-hydrogen) atoms. The molecule has 0 spiro atoms. The van der Waals surface area contributed by atoms with Crippen LogP contribution in [-0.2, 0) is 23.0 Å². The molecule has 1 atom stereocenters. The summed E-state index contributed by atoms with van der Waals surface area (Å²) in [6, 6.07) is 5.76.